The second kappa shape index (κ2) is 13.8. The van der Waals surface area contributed by atoms with Gasteiger partial charge in [0.05, 0.1) is 10.5 Å². The maximum Gasteiger partial charge on any atom is 0.420 e. The van der Waals surface area contributed by atoms with Crippen LogP contribution in [0, 0.1) is 10.1 Å². The minimum atomic E-state index is -4.98. The molecule has 44 heavy (non-hydrogen) atoms. The topological polar surface area (TPSA) is 127 Å². The molecular formula is C31H30F3N5O5. The molecule has 1 aliphatic heterocycles. The van der Waals surface area contributed by atoms with E-state index in [1.165, 1.54) is 4.90 Å². The van der Waals surface area contributed by atoms with Crippen LogP contribution in [0.5, 0.6) is 5.75 Å². The van der Waals surface area contributed by atoms with Gasteiger partial charge in [-0.05, 0) is 42.9 Å². The first-order chi connectivity index (χ1) is 21.0. The Kier molecular flexibility index (Phi) is 9.99. The Morgan fingerprint density at radius 1 is 1.09 bits per heavy atom. The molecule has 2 N–H and O–H groups in total. The van der Waals surface area contributed by atoms with Gasteiger partial charge in [-0.15, -0.1) is 13.2 Å². The number of aromatic nitrogens is 1. The van der Waals surface area contributed by atoms with Crippen molar-refractivity contribution in [2.45, 2.75) is 44.5 Å². The number of nitro groups is 1. The average molecular weight is 610 g/mol. The Bertz CT molecular complexity index is 1560. The smallest absolute Gasteiger partial charge is 0.420 e. The fourth-order valence-corrected chi connectivity index (χ4v) is 5.03. The minimum absolute atomic E-state index is 0.0727. The highest BCUT2D eigenvalue weighted by atomic mass is 19.4. The summed E-state index contributed by atoms with van der Waals surface area (Å²) in [5, 5.41) is 11.8. The van der Waals surface area contributed by atoms with Crippen molar-refractivity contribution in [3.8, 4) is 5.75 Å². The SMILES string of the molecule is C=CCc1cccc(OCc2ccccc2)c1C(=O)NNC(=O)c1nc(N2CCC[C@H]2CC=C)c(C(F)(F)F)cc1[N+](=O)[O-]. The van der Waals surface area contributed by atoms with E-state index >= 15 is 0 Å². The standard InChI is InChI=1S/C31H30F3N5O5/c1-3-10-21-14-8-16-25(44-19-20-12-6-5-7-13-20)26(21)29(40)36-37-30(41)27-24(39(42)43)18-23(31(32,33)34)28(35-27)38-17-9-15-22(38)11-4-2/h3-8,12-14,16,18,22H,1-2,9-11,15,17,19H2,(H,36,40)(H,37,41)/t22-/m1/s1. The number of ether oxygens (including phenoxy) is 1. The molecule has 1 atom stereocenters. The van der Waals surface area contributed by atoms with E-state index in [0.29, 0.717) is 30.9 Å². The third kappa shape index (κ3) is 7.22. The van der Waals surface area contributed by atoms with Gasteiger partial charge in [-0.3, -0.25) is 30.6 Å². The average Bonchev–Trinajstić information content (AvgIpc) is 3.46. The molecule has 230 valence electrons. The third-order valence-corrected chi connectivity index (χ3v) is 7.02. The highest BCUT2D eigenvalue weighted by Gasteiger charge is 2.42. The third-order valence-electron chi connectivity index (χ3n) is 7.02. The molecule has 0 unspecified atom stereocenters. The number of carbonyl (C=O) groups excluding carboxylic acids is 2. The largest absolute Gasteiger partial charge is 0.488 e. The van der Waals surface area contributed by atoms with Crippen molar-refractivity contribution in [2.75, 3.05) is 11.4 Å². The van der Waals surface area contributed by atoms with Gasteiger partial charge in [-0.1, -0.05) is 54.6 Å². The second-order valence-electron chi connectivity index (χ2n) is 9.96. The molecule has 10 nitrogen and oxygen atoms in total. The Labute approximate surface area is 251 Å². The summed E-state index contributed by atoms with van der Waals surface area (Å²) in [7, 11) is 0. The molecule has 1 saturated heterocycles. The van der Waals surface area contributed by atoms with Gasteiger partial charge in [0.2, 0.25) is 5.69 Å². The van der Waals surface area contributed by atoms with Crippen molar-refractivity contribution in [3.63, 3.8) is 0 Å². The van der Waals surface area contributed by atoms with Crippen molar-refractivity contribution in [1.82, 2.24) is 15.8 Å². The van der Waals surface area contributed by atoms with E-state index in [0.717, 1.165) is 5.56 Å². The van der Waals surface area contributed by atoms with E-state index in [4.69, 9.17) is 4.74 Å². The number of hydrogen-bond acceptors (Lipinski definition) is 7. The minimum Gasteiger partial charge on any atom is -0.488 e. The van der Waals surface area contributed by atoms with Gasteiger partial charge >= 0.3 is 11.9 Å². The Hall–Kier alpha value is -5.20. The van der Waals surface area contributed by atoms with Gasteiger partial charge < -0.3 is 9.64 Å². The van der Waals surface area contributed by atoms with Crippen LogP contribution in [0.1, 0.15) is 56.8 Å². The molecule has 3 aromatic rings. The van der Waals surface area contributed by atoms with Crippen molar-refractivity contribution in [3.05, 3.63) is 118 Å². The Morgan fingerprint density at radius 2 is 1.82 bits per heavy atom. The van der Waals surface area contributed by atoms with Crippen molar-refractivity contribution < 1.29 is 32.4 Å². The van der Waals surface area contributed by atoms with Gasteiger partial charge in [-0.2, -0.15) is 13.2 Å². The summed E-state index contributed by atoms with van der Waals surface area (Å²) >= 11 is 0. The molecule has 0 saturated carbocycles. The maximum atomic E-state index is 14.1. The van der Waals surface area contributed by atoms with Crippen LogP contribution in [0.15, 0.2) is 79.9 Å². The van der Waals surface area contributed by atoms with Gasteiger partial charge in [0.1, 0.15) is 23.7 Å². The quantitative estimate of drug-likeness (QED) is 0.157. The second-order valence-corrected chi connectivity index (χ2v) is 9.96. The number of nitrogens with zero attached hydrogens (tertiary/aromatic N) is 3. The van der Waals surface area contributed by atoms with Crippen LogP contribution < -0.4 is 20.5 Å². The van der Waals surface area contributed by atoms with Crippen molar-refractivity contribution in [2.24, 2.45) is 0 Å². The van der Waals surface area contributed by atoms with E-state index in [9.17, 15) is 32.9 Å². The number of benzene rings is 2. The van der Waals surface area contributed by atoms with Crippen LogP contribution in [-0.4, -0.2) is 34.3 Å². The molecular weight excluding hydrogens is 579 g/mol. The Morgan fingerprint density at radius 3 is 2.48 bits per heavy atom. The zero-order valence-electron chi connectivity index (χ0n) is 23.6. The normalized spacial score (nSPS) is 14.5. The molecule has 4 rings (SSSR count). The molecule has 1 fully saturated rings. The number of amides is 2. The molecule has 2 amide bonds. The fourth-order valence-electron chi connectivity index (χ4n) is 5.03. The van der Waals surface area contributed by atoms with E-state index in [1.54, 1.807) is 30.4 Å². The van der Waals surface area contributed by atoms with Crippen LogP contribution >= 0.6 is 0 Å². The van der Waals surface area contributed by atoms with Crippen molar-refractivity contribution >= 4 is 23.3 Å². The monoisotopic (exact) mass is 609 g/mol. The number of rotatable bonds is 11. The lowest BCUT2D eigenvalue weighted by molar-refractivity contribution is -0.385. The maximum absolute atomic E-state index is 14.1. The summed E-state index contributed by atoms with van der Waals surface area (Å²) in [6, 6.07) is 14.0. The zero-order chi connectivity index (χ0) is 31.9. The van der Waals surface area contributed by atoms with Crippen LogP contribution in [0.2, 0.25) is 0 Å². The Balaban J connectivity index is 1.64. The number of hydrogen-bond donors (Lipinski definition) is 2. The van der Waals surface area contributed by atoms with Crippen LogP contribution in [0.25, 0.3) is 0 Å². The fraction of sp³-hybridized carbons (Fsp3) is 0.258. The number of hydrazine groups is 1. The number of allylic oxidation sites excluding steroid dienone is 1. The predicted molar refractivity (Wildman–Crippen MR) is 157 cm³/mol. The van der Waals surface area contributed by atoms with Crippen LogP contribution in [0.4, 0.5) is 24.7 Å². The molecule has 13 heteroatoms. The van der Waals surface area contributed by atoms with Gasteiger partial charge in [0, 0.05) is 18.7 Å². The summed E-state index contributed by atoms with van der Waals surface area (Å²) in [4.78, 5) is 42.5. The summed E-state index contributed by atoms with van der Waals surface area (Å²) < 4.78 is 48.1. The number of halogens is 3. The number of nitrogens with one attached hydrogen (secondary N) is 2. The summed E-state index contributed by atoms with van der Waals surface area (Å²) in [6.45, 7) is 7.69. The zero-order valence-corrected chi connectivity index (χ0v) is 23.6. The lowest BCUT2D eigenvalue weighted by Gasteiger charge is -2.28. The number of pyridine rings is 1. The molecule has 0 aliphatic carbocycles. The van der Waals surface area contributed by atoms with E-state index < -0.39 is 45.7 Å². The molecule has 0 spiro atoms. The lowest BCUT2D eigenvalue weighted by atomic mass is 10.0. The first-order valence-corrected chi connectivity index (χ1v) is 13.7. The van der Waals surface area contributed by atoms with E-state index in [2.05, 4.69) is 29.0 Å². The molecule has 0 radical (unpaired) electrons. The molecule has 0 bridgehead atoms. The van der Waals surface area contributed by atoms with Gasteiger partial charge in [-0.25, -0.2) is 4.98 Å². The summed E-state index contributed by atoms with van der Waals surface area (Å²) in [6.07, 6.45) is -0.109. The molecule has 1 aromatic heterocycles. The molecule has 2 aromatic carbocycles. The summed E-state index contributed by atoms with van der Waals surface area (Å²) in [5.74, 6) is -2.49. The first-order valence-electron chi connectivity index (χ1n) is 13.7. The van der Waals surface area contributed by atoms with Gasteiger partial charge in [0.25, 0.3) is 11.8 Å². The van der Waals surface area contributed by atoms with Crippen LogP contribution in [-0.2, 0) is 19.2 Å². The summed E-state index contributed by atoms with van der Waals surface area (Å²) in [5.41, 5.74) is 2.32. The number of carbonyl (C=O) groups is 2. The number of anilines is 1. The highest BCUT2D eigenvalue weighted by Crippen LogP contribution is 2.41. The van der Waals surface area contributed by atoms with Crippen LogP contribution in [0.3, 0.4) is 0 Å². The molecule has 1 aliphatic rings. The lowest BCUT2D eigenvalue weighted by Crippen LogP contribution is -2.43. The van der Waals surface area contributed by atoms with E-state index in [1.807, 2.05) is 30.3 Å². The van der Waals surface area contributed by atoms with E-state index in [-0.39, 0.29) is 36.9 Å². The predicted octanol–water partition coefficient (Wildman–Crippen LogP) is 5.94. The first kappa shape index (κ1) is 31.7. The van der Waals surface area contributed by atoms with Gasteiger partial charge in [0.15, 0.2) is 0 Å². The number of alkyl halides is 3. The molecule has 2 heterocycles. The van der Waals surface area contributed by atoms with Crippen molar-refractivity contribution in [1.29, 1.82) is 0 Å². The highest BCUT2D eigenvalue weighted by molar-refractivity contribution is 6.02.